The van der Waals surface area contributed by atoms with E-state index in [4.69, 9.17) is 0 Å². The summed E-state index contributed by atoms with van der Waals surface area (Å²) < 4.78 is 0. The summed E-state index contributed by atoms with van der Waals surface area (Å²) in [5.74, 6) is -3.09. The highest BCUT2D eigenvalue weighted by Crippen LogP contribution is 2.38. The first-order valence-corrected chi connectivity index (χ1v) is 11.5. The lowest BCUT2D eigenvalue weighted by Crippen LogP contribution is -2.50. The van der Waals surface area contributed by atoms with Crippen molar-refractivity contribution in [1.82, 2.24) is 9.80 Å². The van der Waals surface area contributed by atoms with Crippen molar-refractivity contribution >= 4 is 23.7 Å². The number of hydrogen-bond donors (Lipinski definition) is 1. The van der Waals surface area contributed by atoms with Gasteiger partial charge in [0.1, 0.15) is 0 Å². The van der Waals surface area contributed by atoms with E-state index in [1.165, 1.54) is 4.90 Å². The zero-order chi connectivity index (χ0) is 23.1. The monoisotopic (exact) mass is 446 g/mol. The van der Waals surface area contributed by atoms with E-state index in [9.17, 15) is 24.3 Å². The second-order valence-corrected chi connectivity index (χ2v) is 9.10. The van der Waals surface area contributed by atoms with Crippen LogP contribution >= 0.6 is 0 Å². The number of aliphatic carboxylic acids is 1. The van der Waals surface area contributed by atoms with Crippen molar-refractivity contribution in [2.45, 2.75) is 38.1 Å². The lowest BCUT2D eigenvalue weighted by molar-refractivity contribution is -0.153. The smallest absolute Gasteiger partial charge is 0.307 e. The fourth-order valence-electron chi connectivity index (χ4n) is 5.63. The highest BCUT2D eigenvalue weighted by atomic mass is 16.4. The molecule has 3 amide bonds. The number of hydrogen-bond acceptors (Lipinski definition) is 4. The summed E-state index contributed by atoms with van der Waals surface area (Å²) in [7, 11) is 0. The predicted molar refractivity (Wildman–Crippen MR) is 119 cm³/mol. The first kappa shape index (κ1) is 21.4. The van der Waals surface area contributed by atoms with Gasteiger partial charge in [-0.15, -0.1) is 0 Å². The highest BCUT2D eigenvalue weighted by molar-refractivity contribution is 6.21. The van der Waals surface area contributed by atoms with Crippen LogP contribution in [0, 0.1) is 11.8 Å². The van der Waals surface area contributed by atoms with E-state index in [1.54, 1.807) is 29.2 Å². The molecular formula is C26H26N2O5. The number of nitrogens with zero attached hydrogens (tertiary/aromatic N) is 2. The fourth-order valence-corrected chi connectivity index (χ4v) is 5.63. The summed E-state index contributed by atoms with van der Waals surface area (Å²) in [4.78, 5) is 54.6. The van der Waals surface area contributed by atoms with Crippen LogP contribution in [-0.4, -0.2) is 51.7 Å². The molecule has 170 valence electrons. The van der Waals surface area contributed by atoms with E-state index in [2.05, 4.69) is 0 Å². The molecule has 5 rings (SSSR count). The lowest BCUT2D eigenvalue weighted by atomic mass is 9.77. The minimum atomic E-state index is -0.928. The van der Waals surface area contributed by atoms with E-state index in [1.807, 2.05) is 24.3 Å². The molecule has 1 aliphatic carbocycles. The van der Waals surface area contributed by atoms with Gasteiger partial charge in [-0.1, -0.05) is 49.2 Å². The number of amides is 3. The molecule has 0 saturated heterocycles. The quantitative estimate of drug-likeness (QED) is 0.727. The van der Waals surface area contributed by atoms with E-state index in [-0.39, 0.29) is 24.3 Å². The van der Waals surface area contributed by atoms with Crippen molar-refractivity contribution in [2.24, 2.45) is 11.8 Å². The van der Waals surface area contributed by atoms with Crippen LogP contribution in [0.1, 0.15) is 63.6 Å². The number of benzene rings is 2. The number of carboxylic acids is 1. The number of rotatable bonds is 4. The predicted octanol–water partition coefficient (Wildman–Crippen LogP) is 3.30. The Balaban J connectivity index is 1.48. The molecule has 2 heterocycles. The number of carbonyl (C=O) groups is 4. The molecule has 2 aliphatic heterocycles. The molecule has 1 saturated carbocycles. The third-order valence-electron chi connectivity index (χ3n) is 7.33. The molecule has 3 aliphatic rings. The van der Waals surface area contributed by atoms with Gasteiger partial charge in [-0.05, 0) is 42.5 Å². The Kier molecular flexibility index (Phi) is 5.48. The van der Waals surface area contributed by atoms with Crippen molar-refractivity contribution in [1.29, 1.82) is 0 Å². The molecule has 0 radical (unpaired) electrons. The first-order valence-electron chi connectivity index (χ1n) is 11.5. The molecule has 0 unspecified atom stereocenters. The molecule has 7 heteroatoms. The topological polar surface area (TPSA) is 95.0 Å². The number of carboxylic acid groups (broad SMARTS) is 1. The normalized spacial score (nSPS) is 24.4. The minimum Gasteiger partial charge on any atom is -0.481 e. The molecule has 3 atom stereocenters. The maximum absolute atomic E-state index is 13.7. The van der Waals surface area contributed by atoms with Crippen molar-refractivity contribution in [3.8, 4) is 0 Å². The van der Waals surface area contributed by atoms with Gasteiger partial charge in [0.05, 0.1) is 35.5 Å². The standard InChI is InChI=1S/C26H26N2O5/c29-23(20-11-5-6-12-21(20)26(32)33)27-14-13-16-7-1-2-8-17(16)22(27)15-28-24(30)18-9-3-4-10-19(18)25(28)31/h1-4,7-10,20-22H,5-6,11-15H2,(H,32,33)/t20-,21+,22-/m0/s1. The molecule has 1 fully saturated rings. The van der Waals surface area contributed by atoms with E-state index in [0.29, 0.717) is 36.9 Å². The summed E-state index contributed by atoms with van der Waals surface area (Å²) in [6.45, 7) is 0.492. The zero-order valence-electron chi connectivity index (χ0n) is 18.3. The largest absolute Gasteiger partial charge is 0.481 e. The number of carbonyl (C=O) groups excluding carboxylic acids is 3. The second-order valence-electron chi connectivity index (χ2n) is 9.10. The van der Waals surface area contributed by atoms with Gasteiger partial charge in [-0.2, -0.15) is 0 Å². The van der Waals surface area contributed by atoms with Gasteiger partial charge in [0.2, 0.25) is 5.91 Å². The van der Waals surface area contributed by atoms with E-state index in [0.717, 1.165) is 24.0 Å². The molecular weight excluding hydrogens is 420 g/mol. The first-order chi connectivity index (χ1) is 16.0. The van der Waals surface area contributed by atoms with Crippen molar-refractivity contribution in [3.63, 3.8) is 0 Å². The Morgan fingerprint density at radius 3 is 2.15 bits per heavy atom. The Labute approximate surface area is 192 Å². The Morgan fingerprint density at radius 1 is 0.879 bits per heavy atom. The van der Waals surface area contributed by atoms with Crippen LogP contribution < -0.4 is 0 Å². The van der Waals surface area contributed by atoms with Gasteiger partial charge in [-0.25, -0.2) is 0 Å². The van der Waals surface area contributed by atoms with Crippen LogP contribution in [0.2, 0.25) is 0 Å². The van der Waals surface area contributed by atoms with E-state index < -0.39 is 23.8 Å². The highest BCUT2D eigenvalue weighted by Gasteiger charge is 2.44. The van der Waals surface area contributed by atoms with Gasteiger partial charge in [-0.3, -0.25) is 24.1 Å². The fraction of sp³-hybridized carbons (Fsp3) is 0.385. The van der Waals surface area contributed by atoms with Crippen LogP contribution in [0.15, 0.2) is 48.5 Å². The summed E-state index contributed by atoms with van der Waals surface area (Å²) >= 11 is 0. The molecule has 1 N–H and O–H groups in total. The van der Waals surface area contributed by atoms with Crippen molar-refractivity contribution in [2.75, 3.05) is 13.1 Å². The van der Waals surface area contributed by atoms with Crippen molar-refractivity contribution in [3.05, 3.63) is 70.8 Å². The maximum atomic E-state index is 13.7. The molecule has 0 spiro atoms. The summed E-state index contributed by atoms with van der Waals surface area (Å²) in [6, 6.07) is 14.0. The molecule has 2 aromatic carbocycles. The van der Waals surface area contributed by atoms with Crippen molar-refractivity contribution < 1.29 is 24.3 Å². The van der Waals surface area contributed by atoms with Gasteiger partial charge < -0.3 is 10.0 Å². The zero-order valence-corrected chi connectivity index (χ0v) is 18.3. The van der Waals surface area contributed by atoms with Gasteiger partial charge >= 0.3 is 5.97 Å². The van der Waals surface area contributed by atoms with Gasteiger partial charge in [0.25, 0.3) is 11.8 Å². The lowest BCUT2D eigenvalue weighted by Gasteiger charge is -2.42. The average Bonchev–Trinajstić information content (AvgIpc) is 3.08. The maximum Gasteiger partial charge on any atom is 0.307 e. The van der Waals surface area contributed by atoms with Gasteiger partial charge in [0.15, 0.2) is 0 Å². The summed E-state index contributed by atoms with van der Waals surface area (Å²) in [5, 5.41) is 9.71. The molecule has 2 aromatic rings. The van der Waals surface area contributed by atoms with Crippen LogP contribution in [0.4, 0.5) is 0 Å². The van der Waals surface area contributed by atoms with Crippen LogP contribution in [0.3, 0.4) is 0 Å². The minimum absolute atomic E-state index is 0.0551. The summed E-state index contributed by atoms with van der Waals surface area (Å²) in [5.41, 5.74) is 2.75. The van der Waals surface area contributed by atoms with Crippen LogP contribution in [0.5, 0.6) is 0 Å². The van der Waals surface area contributed by atoms with Crippen LogP contribution in [-0.2, 0) is 16.0 Å². The second kappa shape index (κ2) is 8.46. The van der Waals surface area contributed by atoms with Crippen LogP contribution in [0.25, 0.3) is 0 Å². The molecule has 7 nitrogen and oxygen atoms in total. The van der Waals surface area contributed by atoms with Gasteiger partial charge in [0, 0.05) is 6.54 Å². The summed E-state index contributed by atoms with van der Waals surface area (Å²) in [6.07, 6.45) is 3.34. The number of imide groups is 1. The third-order valence-corrected chi connectivity index (χ3v) is 7.33. The Morgan fingerprint density at radius 2 is 1.48 bits per heavy atom. The molecule has 0 bridgehead atoms. The average molecular weight is 447 g/mol. The van der Waals surface area contributed by atoms with E-state index >= 15 is 0 Å². The molecule has 33 heavy (non-hydrogen) atoms. The third kappa shape index (κ3) is 3.61. The SMILES string of the molecule is O=C(O)[C@@H]1CCCC[C@@H]1C(=O)N1CCc2ccccc2[C@@H]1CN1C(=O)c2ccccc2C1=O. The number of fused-ring (bicyclic) bond motifs is 2. The Bertz CT molecular complexity index is 1110. The molecule has 0 aromatic heterocycles. The Hall–Kier alpha value is -3.48.